The summed E-state index contributed by atoms with van der Waals surface area (Å²) in [6, 6.07) is 11.8. The van der Waals surface area contributed by atoms with Crippen molar-refractivity contribution in [3.8, 4) is 0 Å². The number of aromatic nitrogens is 1. The molecule has 0 fully saturated rings. The van der Waals surface area contributed by atoms with Crippen LogP contribution in [0.4, 0.5) is 17.6 Å². The number of fused-ring (bicyclic) bond motifs is 1. The van der Waals surface area contributed by atoms with E-state index in [0.717, 1.165) is 73.8 Å². The summed E-state index contributed by atoms with van der Waals surface area (Å²) in [6.07, 6.45) is 5.36. The van der Waals surface area contributed by atoms with Crippen LogP contribution in [0, 0.1) is 5.82 Å². The van der Waals surface area contributed by atoms with Gasteiger partial charge in [0.15, 0.2) is 0 Å². The molecule has 3 rings (SSSR count). The lowest BCUT2D eigenvalue weighted by Gasteiger charge is -2.14. The van der Waals surface area contributed by atoms with E-state index in [0.29, 0.717) is 0 Å². The Morgan fingerprint density at radius 3 is 2.34 bits per heavy atom. The molecule has 3 aromatic rings. The molecule has 0 bridgehead atoms. The number of aliphatic hydroxyl groups is 1. The number of aromatic amines is 1. The van der Waals surface area contributed by atoms with Crippen LogP contribution in [-0.2, 0) is 12.8 Å². The number of aryl methyl sites for hydroxylation is 2. The monoisotopic (exact) mass is 592 g/mol. The standard InChI is InChI=1S/C23H27ClFNO.C10H14F3N/c1-3-4-7-18-19-13-20(24)21(25)14-22(19)26-23(18)15(2)17-10-8-16(9-11-17)6-5-12-27;1-4-5-9(3)14-7-6-8(2)10(11,12)13/h8-11,13-15,26-27H,3-7,12H2,1-2H3;5-7H,4H2,1-3H3/b;8-6+,9-5+,14-7+. The van der Waals surface area contributed by atoms with E-state index in [2.05, 4.69) is 48.1 Å². The molecule has 2 N–H and O–H groups in total. The summed E-state index contributed by atoms with van der Waals surface area (Å²) in [5, 5.41) is 10.2. The Kier molecular flexibility index (Phi) is 13.8. The zero-order valence-corrected chi connectivity index (χ0v) is 25.3. The minimum atomic E-state index is -4.26. The molecular weight excluding hydrogens is 552 g/mol. The first-order chi connectivity index (χ1) is 19.4. The molecule has 3 nitrogen and oxygen atoms in total. The minimum Gasteiger partial charge on any atom is -0.396 e. The van der Waals surface area contributed by atoms with Crippen molar-refractivity contribution in [3.63, 3.8) is 0 Å². The highest BCUT2D eigenvalue weighted by Crippen LogP contribution is 2.35. The Bertz CT molecular complexity index is 1340. The van der Waals surface area contributed by atoms with E-state index in [-0.39, 0.29) is 23.4 Å². The summed E-state index contributed by atoms with van der Waals surface area (Å²) in [4.78, 5) is 7.28. The van der Waals surface area contributed by atoms with Gasteiger partial charge >= 0.3 is 6.18 Å². The van der Waals surface area contributed by atoms with Gasteiger partial charge in [-0.25, -0.2) is 4.39 Å². The van der Waals surface area contributed by atoms with Gasteiger partial charge in [-0.1, -0.05) is 69.1 Å². The number of hydrogen-bond donors (Lipinski definition) is 2. The number of allylic oxidation sites excluding steroid dienone is 4. The van der Waals surface area contributed by atoms with Gasteiger partial charge in [0, 0.05) is 46.6 Å². The van der Waals surface area contributed by atoms with Crippen LogP contribution in [0.15, 0.2) is 64.8 Å². The normalized spacial score (nSPS) is 13.5. The number of aliphatic hydroxyl groups excluding tert-OH is 1. The van der Waals surface area contributed by atoms with Crippen molar-refractivity contribution in [3.05, 3.63) is 93.0 Å². The molecule has 0 aliphatic rings. The highest BCUT2D eigenvalue weighted by Gasteiger charge is 2.29. The van der Waals surface area contributed by atoms with Gasteiger partial charge in [0.25, 0.3) is 0 Å². The quantitative estimate of drug-likeness (QED) is 0.169. The number of H-pyrrole nitrogens is 1. The number of benzene rings is 2. The first-order valence-electron chi connectivity index (χ1n) is 14.1. The lowest BCUT2D eigenvalue weighted by atomic mass is 9.91. The molecule has 2 aromatic carbocycles. The summed E-state index contributed by atoms with van der Waals surface area (Å²) in [6.45, 7) is 9.28. The molecule has 1 atom stereocenters. The van der Waals surface area contributed by atoms with Crippen molar-refractivity contribution in [2.45, 2.75) is 85.2 Å². The van der Waals surface area contributed by atoms with Crippen molar-refractivity contribution >= 4 is 28.7 Å². The maximum Gasteiger partial charge on any atom is 0.412 e. The maximum absolute atomic E-state index is 13.9. The number of nitrogens with zero attached hydrogens (tertiary/aromatic N) is 1. The molecule has 1 unspecified atom stereocenters. The molecule has 0 amide bonds. The van der Waals surface area contributed by atoms with Gasteiger partial charge in [-0.15, -0.1) is 0 Å². The first-order valence-corrected chi connectivity index (χ1v) is 14.4. The van der Waals surface area contributed by atoms with E-state index >= 15 is 0 Å². The highest BCUT2D eigenvalue weighted by atomic mass is 35.5. The Labute approximate surface area is 246 Å². The summed E-state index contributed by atoms with van der Waals surface area (Å²) < 4.78 is 49.9. The van der Waals surface area contributed by atoms with Crippen LogP contribution in [0.1, 0.15) is 88.6 Å². The SMILES string of the molecule is CC/C=C(C)/N=C/C=C(\C)C(F)(F)F.CCCCc1c(C(C)c2ccc(CCCO)cc2)[nH]c2cc(F)c(Cl)cc12. The average molecular weight is 593 g/mol. The number of hydrogen-bond acceptors (Lipinski definition) is 2. The van der Waals surface area contributed by atoms with Crippen molar-refractivity contribution in [2.24, 2.45) is 4.99 Å². The molecule has 8 heteroatoms. The fraction of sp³-hybridized carbons (Fsp3) is 0.424. The van der Waals surface area contributed by atoms with Crippen LogP contribution < -0.4 is 0 Å². The number of aliphatic imine (C=N–C) groups is 1. The minimum absolute atomic E-state index is 0.173. The zero-order chi connectivity index (χ0) is 30.6. The van der Waals surface area contributed by atoms with Crippen molar-refractivity contribution < 1.29 is 22.7 Å². The number of halogens is 5. The molecular formula is C33H41ClF4N2O. The second kappa shape index (κ2) is 16.5. The Morgan fingerprint density at radius 1 is 1.07 bits per heavy atom. The molecule has 0 aliphatic carbocycles. The Morgan fingerprint density at radius 2 is 1.76 bits per heavy atom. The van der Waals surface area contributed by atoms with E-state index in [9.17, 15) is 17.6 Å². The number of nitrogens with one attached hydrogen (secondary N) is 1. The van der Waals surface area contributed by atoms with Gasteiger partial charge in [-0.2, -0.15) is 13.2 Å². The largest absolute Gasteiger partial charge is 0.412 e. The Hall–Kier alpha value is -2.90. The third-order valence-electron chi connectivity index (χ3n) is 6.85. The zero-order valence-electron chi connectivity index (χ0n) is 24.5. The topological polar surface area (TPSA) is 48.4 Å². The van der Waals surface area contributed by atoms with Crippen molar-refractivity contribution in [2.75, 3.05) is 6.61 Å². The van der Waals surface area contributed by atoms with Crippen LogP contribution in [-0.4, -0.2) is 29.1 Å². The molecule has 224 valence electrons. The lowest BCUT2D eigenvalue weighted by Crippen LogP contribution is -2.08. The molecule has 0 spiro atoms. The third kappa shape index (κ3) is 10.5. The number of rotatable bonds is 11. The molecule has 1 heterocycles. The van der Waals surface area contributed by atoms with Gasteiger partial charge in [0.1, 0.15) is 5.82 Å². The molecule has 41 heavy (non-hydrogen) atoms. The summed E-state index contributed by atoms with van der Waals surface area (Å²) >= 11 is 6.05. The van der Waals surface area contributed by atoms with Crippen LogP contribution in [0.25, 0.3) is 10.9 Å². The van der Waals surface area contributed by atoms with Crippen molar-refractivity contribution in [1.82, 2.24) is 4.98 Å². The molecule has 0 radical (unpaired) electrons. The molecule has 0 saturated carbocycles. The average Bonchev–Trinajstić information content (AvgIpc) is 3.27. The smallest absolute Gasteiger partial charge is 0.396 e. The maximum atomic E-state index is 13.9. The van der Waals surface area contributed by atoms with E-state index in [1.807, 2.05) is 13.0 Å². The van der Waals surface area contributed by atoms with Crippen LogP contribution in [0.2, 0.25) is 5.02 Å². The van der Waals surface area contributed by atoms with Gasteiger partial charge in [0.05, 0.1) is 5.02 Å². The summed E-state index contributed by atoms with van der Waals surface area (Å²) in [7, 11) is 0. The molecule has 0 saturated heterocycles. The summed E-state index contributed by atoms with van der Waals surface area (Å²) in [5.41, 5.74) is 5.72. The molecule has 0 aliphatic heterocycles. The lowest BCUT2D eigenvalue weighted by molar-refractivity contribution is -0.0911. The fourth-order valence-electron chi connectivity index (χ4n) is 4.39. The van der Waals surface area contributed by atoms with Crippen molar-refractivity contribution in [1.29, 1.82) is 0 Å². The third-order valence-corrected chi connectivity index (χ3v) is 7.14. The van der Waals surface area contributed by atoms with Gasteiger partial charge in [-0.3, -0.25) is 4.99 Å². The van der Waals surface area contributed by atoms with Gasteiger partial charge in [0.2, 0.25) is 0 Å². The van der Waals surface area contributed by atoms with Crippen LogP contribution >= 0.6 is 11.6 Å². The van der Waals surface area contributed by atoms with E-state index in [4.69, 9.17) is 16.7 Å². The predicted molar refractivity (Wildman–Crippen MR) is 164 cm³/mol. The predicted octanol–water partition coefficient (Wildman–Crippen LogP) is 10.3. The second-order valence-electron chi connectivity index (χ2n) is 10.1. The van der Waals surface area contributed by atoms with Gasteiger partial charge < -0.3 is 10.1 Å². The number of unbranched alkanes of at least 4 members (excludes halogenated alkanes) is 1. The second-order valence-corrected chi connectivity index (χ2v) is 10.5. The van der Waals surface area contributed by atoms with E-state index in [1.54, 1.807) is 13.0 Å². The van der Waals surface area contributed by atoms with Gasteiger partial charge in [-0.05, 0) is 80.9 Å². The highest BCUT2D eigenvalue weighted by molar-refractivity contribution is 6.31. The van der Waals surface area contributed by atoms with E-state index in [1.165, 1.54) is 29.0 Å². The Balaban J connectivity index is 0.000000357. The van der Waals surface area contributed by atoms with E-state index < -0.39 is 11.7 Å². The van der Waals surface area contributed by atoms with Crippen LogP contribution in [0.5, 0.6) is 0 Å². The van der Waals surface area contributed by atoms with Crippen LogP contribution in [0.3, 0.4) is 0 Å². The first kappa shape index (κ1) is 34.3. The molecule has 1 aromatic heterocycles. The fourth-order valence-corrected chi connectivity index (χ4v) is 4.55. The number of alkyl halides is 3. The summed E-state index contributed by atoms with van der Waals surface area (Å²) in [5.74, 6) is -0.210.